The Balaban J connectivity index is 1.52. The van der Waals surface area contributed by atoms with Gasteiger partial charge in [-0.05, 0) is 49.0 Å². The molecule has 2 N–H and O–H groups in total. The standard InChI is InChI=1S/C23H30O7/c1-12(24)29-11-17(27)22(28)10-18-23(30-18)15-5-4-13-8-14(25)6-7-20(13,2)19(15)16(26)9-21(22,23)3/h8,15-16,18-19,26,28H,4-7,9-11H2,1-3H3/t15-,16+,18-,19-,20+,21-,22+,23+/m1/s1. The third kappa shape index (κ3) is 2.24. The Hall–Kier alpha value is -1.57. The van der Waals surface area contributed by atoms with Crippen LogP contribution in [-0.4, -0.2) is 57.8 Å². The molecule has 5 rings (SSSR count). The summed E-state index contributed by atoms with van der Waals surface area (Å²) in [6.45, 7) is 4.76. The molecule has 3 saturated carbocycles. The molecule has 4 fully saturated rings. The van der Waals surface area contributed by atoms with E-state index in [1.54, 1.807) is 6.08 Å². The SMILES string of the molecule is CC(=O)OCC(=O)[C@@]1(O)C[C@H]2O[C@@]23[C@@H]2CCC4=CC(=O)CC[C@]4(C)[C@H]2[C@@H](O)C[C@@]31C. The minimum atomic E-state index is -1.70. The molecule has 0 unspecified atom stereocenters. The predicted octanol–water partition coefficient (Wildman–Crippen LogP) is 1.48. The Kier molecular flexibility index (Phi) is 4.08. The number of carbonyl (C=O) groups excluding carboxylic acids is 3. The van der Waals surface area contributed by atoms with Gasteiger partial charge in [0.1, 0.15) is 11.2 Å². The van der Waals surface area contributed by atoms with Crippen molar-refractivity contribution in [3.8, 4) is 0 Å². The van der Waals surface area contributed by atoms with E-state index in [2.05, 4.69) is 6.92 Å². The number of hydrogen-bond acceptors (Lipinski definition) is 7. The van der Waals surface area contributed by atoms with E-state index in [1.165, 1.54) is 6.92 Å². The van der Waals surface area contributed by atoms with Crippen molar-refractivity contribution >= 4 is 17.5 Å². The normalized spacial score (nSPS) is 51.1. The number of carbonyl (C=O) groups is 3. The molecule has 0 aromatic rings. The highest BCUT2D eigenvalue weighted by Gasteiger charge is 2.86. The van der Waals surface area contributed by atoms with Crippen molar-refractivity contribution in [2.75, 3.05) is 6.61 Å². The van der Waals surface area contributed by atoms with Crippen LogP contribution in [-0.2, 0) is 23.9 Å². The lowest BCUT2D eigenvalue weighted by Crippen LogP contribution is -2.67. The Morgan fingerprint density at radius 2 is 2.00 bits per heavy atom. The van der Waals surface area contributed by atoms with E-state index in [0.717, 1.165) is 18.4 Å². The number of hydrogen-bond donors (Lipinski definition) is 2. The zero-order chi connectivity index (χ0) is 21.7. The lowest BCUT2D eigenvalue weighted by molar-refractivity contribution is -0.205. The van der Waals surface area contributed by atoms with Gasteiger partial charge >= 0.3 is 5.97 Å². The maximum Gasteiger partial charge on any atom is 0.303 e. The molecule has 1 saturated heterocycles. The predicted molar refractivity (Wildman–Crippen MR) is 104 cm³/mol. The fourth-order valence-corrected chi connectivity index (χ4v) is 7.84. The van der Waals surface area contributed by atoms with Crippen molar-refractivity contribution < 1.29 is 34.1 Å². The number of esters is 1. The van der Waals surface area contributed by atoms with Crippen molar-refractivity contribution in [3.63, 3.8) is 0 Å². The van der Waals surface area contributed by atoms with Gasteiger partial charge in [0.15, 0.2) is 12.4 Å². The average Bonchev–Trinajstić information content (AvgIpc) is 3.34. The molecule has 164 valence electrons. The summed E-state index contributed by atoms with van der Waals surface area (Å²) >= 11 is 0. The Bertz CT molecular complexity index is 879. The third-order valence-corrected chi connectivity index (χ3v) is 9.32. The van der Waals surface area contributed by atoms with Crippen LogP contribution in [0.4, 0.5) is 0 Å². The lowest BCUT2D eigenvalue weighted by Gasteiger charge is -2.60. The Labute approximate surface area is 175 Å². The molecular weight excluding hydrogens is 388 g/mol. The highest BCUT2D eigenvalue weighted by molar-refractivity contribution is 5.92. The van der Waals surface area contributed by atoms with E-state index < -0.39 is 41.1 Å². The monoisotopic (exact) mass is 418 g/mol. The quantitative estimate of drug-likeness (QED) is 0.527. The minimum Gasteiger partial charge on any atom is -0.458 e. The van der Waals surface area contributed by atoms with Crippen LogP contribution in [0.1, 0.15) is 59.3 Å². The van der Waals surface area contributed by atoms with Crippen LogP contribution < -0.4 is 0 Å². The van der Waals surface area contributed by atoms with E-state index in [-0.39, 0.29) is 42.0 Å². The summed E-state index contributed by atoms with van der Waals surface area (Å²) in [6.07, 6.45) is 3.94. The van der Waals surface area contributed by atoms with E-state index in [9.17, 15) is 24.6 Å². The molecular formula is C23H30O7. The van der Waals surface area contributed by atoms with E-state index in [4.69, 9.17) is 9.47 Å². The first-order valence-corrected chi connectivity index (χ1v) is 11.0. The summed E-state index contributed by atoms with van der Waals surface area (Å²) < 4.78 is 11.2. The smallest absolute Gasteiger partial charge is 0.303 e. The molecule has 30 heavy (non-hydrogen) atoms. The van der Waals surface area contributed by atoms with Crippen molar-refractivity contribution in [2.45, 2.75) is 82.7 Å². The second kappa shape index (κ2) is 6.02. The number of allylic oxidation sites excluding steroid dienone is 1. The summed E-state index contributed by atoms with van der Waals surface area (Å²) in [5.41, 5.74) is -2.46. The molecule has 1 spiro atoms. The molecule has 4 aliphatic carbocycles. The number of ketones is 2. The molecule has 1 aliphatic heterocycles. The first-order chi connectivity index (χ1) is 14.0. The summed E-state index contributed by atoms with van der Waals surface area (Å²) in [5.74, 6) is -1.01. The van der Waals surface area contributed by atoms with Gasteiger partial charge in [0, 0.05) is 25.2 Å². The maximum absolute atomic E-state index is 13.0. The number of aliphatic hydroxyl groups is 2. The van der Waals surface area contributed by atoms with Gasteiger partial charge in [-0.15, -0.1) is 0 Å². The van der Waals surface area contributed by atoms with E-state index in [0.29, 0.717) is 12.8 Å². The highest BCUT2D eigenvalue weighted by atomic mass is 16.6. The fraction of sp³-hybridized carbons (Fsp3) is 0.783. The second-order valence-corrected chi connectivity index (χ2v) is 10.5. The number of epoxide rings is 1. The van der Waals surface area contributed by atoms with Crippen LogP contribution in [0.15, 0.2) is 11.6 Å². The zero-order valence-corrected chi connectivity index (χ0v) is 17.8. The average molecular weight is 418 g/mol. The first-order valence-electron chi connectivity index (χ1n) is 11.0. The van der Waals surface area contributed by atoms with Gasteiger partial charge in [0.2, 0.25) is 5.78 Å². The van der Waals surface area contributed by atoms with E-state index in [1.807, 2.05) is 6.92 Å². The maximum atomic E-state index is 13.0. The number of rotatable bonds is 3. The molecule has 0 aromatic carbocycles. The van der Waals surface area contributed by atoms with Gasteiger partial charge < -0.3 is 19.7 Å². The highest BCUT2D eigenvalue weighted by Crippen LogP contribution is 2.77. The van der Waals surface area contributed by atoms with Crippen molar-refractivity contribution in [3.05, 3.63) is 11.6 Å². The van der Waals surface area contributed by atoms with Gasteiger partial charge in [-0.2, -0.15) is 0 Å². The summed E-state index contributed by atoms with van der Waals surface area (Å²) in [4.78, 5) is 36.2. The number of Topliss-reactive ketones (excluding diaryl/α,β-unsaturated/α-hetero) is 1. The molecule has 1 heterocycles. The number of fused-ring (bicyclic) bond motifs is 3. The number of aliphatic hydroxyl groups excluding tert-OH is 1. The number of ether oxygens (including phenoxy) is 2. The molecule has 5 aliphatic rings. The van der Waals surface area contributed by atoms with Crippen molar-refractivity contribution in [1.82, 2.24) is 0 Å². The van der Waals surface area contributed by atoms with Crippen LogP contribution in [0.3, 0.4) is 0 Å². The van der Waals surface area contributed by atoms with Gasteiger partial charge in [-0.3, -0.25) is 14.4 Å². The Morgan fingerprint density at radius 1 is 1.27 bits per heavy atom. The minimum absolute atomic E-state index is 0.00199. The first kappa shape index (κ1) is 20.3. The molecule has 0 aromatic heterocycles. The zero-order valence-electron chi connectivity index (χ0n) is 17.8. The topological polar surface area (TPSA) is 113 Å². The van der Waals surface area contributed by atoms with Gasteiger partial charge in [0.25, 0.3) is 0 Å². The van der Waals surface area contributed by atoms with Crippen molar-refractivity contribution in [1.29, 1.82) is 0 Å². The van der Waals surface area contributed by atoms with Crippen LogP contribution in [0.5, 0.6) is 0 Å². The second-order valence-electron chi connectivity index (χ2n) is 10.5. The third-order valence-electron chi connectivity index (χ3n) is 9.32. The molecule has 0 bridgehead atoms. The summed E-state index contributed by atoms with van der Waals surface area (Å²) in [7, 11) is 0. The summed E-state index contributed by atoms with van der Waals surface area (Å²) in [5, 5.41) is 23.0. The Morgan fingerprint density at radius 3 is 2.70 bits per heavy atom. The largest absolute Gasteiger partial charge is 0.458 e. The van der Waals surface area contributed by atoms with Crippen LogP contribution in [0.25, 0.3) is 0 Å². The molecule has 0 radical (unpaired) electrons. The van der Waals surface area contributed by atoms with Crippen LogP contribution in [0.2, 0.25) is 0 Å². The molecule has 7 heteroatoms. The van der Waals surface area contributed by atoms with Crippen LogP contribution in [0, 0.1) is 22.7 Å². The van der Waals surface area contributed by atoms with E-state index >= 15 is 0 Å². The van der Waals surface area contributed by atoms with Gasteiger partial charge in [0.05, 0.1) is 12.2 Å². The van der Waals surface area contributed by atoms with Gasteiger partial charge in [-0.25, -0.2) is 0 Å². The summed E-state index contributed by atoms with van der Waals surface area (Å²) in [6, 6.07) is 0. The molecule has 0 amide bonds. The lowest BCUT2D eigenvalue weighted by atomic mass is 9.44. The van der Waals surface area contributed by atoms with Crippen LogP contribution >= 0.6 is 0 Å². The van der Waals surface area contributed by atoms with Gasteiger partial charge in [-0.1, -0.05) is 19.4 Å². The molecule has 8 atom stereocenters. The molecule has 7 nitrogen and oxygen atoms in total. The van der Waals surface area contributed by atoms with Crippen molar-refractivity contribution in [2.24, 2.45) is 22.7 Å². The fourth-order valence-electron chi connectivity index (χ4n) is 7.84.